The van der Waals surface area contributed by atoms with Crippen molar-refractivity contribution in [2.75, 3.05) is 18.0 Å². The molecule has 20 heavy (non-hydrogen) atoms. The third-order valence-electron chi connectivity index (χ3n) is 3.80. The molecule has 1 aromatic rings. The van der Waals surface area contributed by atoms with Crippen LogP contribution in [0.3, 0.4) is 0 Å². The second kappa shape index (κ2) is 5.83. The van der Waals surface area contributed by atoms with E-state index in [1.807, 2.05) is 12.1 Å². The van der Waals surface area contributed by atoms with E-state index in [2.05, 4.69) is 32.6 Å². The summed E-state index contributed by atoms with van der Waals surface area (Å²) in [6, 6.07) is 5.96. The standard InChI is InChI=1S/C16H24N2O2/c1-10(2)16-9-18(11(3)4)13-7-12(14(19)8-17)5-6-15(13)20-16/h5-7,10-11,16H,8-9,17H2,1-4H3. The number of ketones is 1. The molecule has 0 spiro atoms. The fourth-order valence-electron chi connectivity index (χ4n) is 2.46. The van der Waals surface area contributed by atoms with Gasteiger partial charge in [0.2, 0.25) is 0 Å². The van der Waals surface area contributed by atoms with Gasteiger partial charge in [0.25, 0.3) is 0 Å². The maximum absolute atomic E-state index is 11.8. The minimum atomic E-state index is -0.0394. The highest BCUT2D eigenvalue weighted by Crippen LogP contribution is 2.37. The van der Waals surface area contributed by atoms with Crippen LogP contribution in [0.4, 0.5) is 5.69 Å². The summed E-state index contributed by atoms with van der Waals surface area (Å²) in [5.74, 6) is 1.27. The highest BCUT2D eigenvalue weighted by atomic mass is 16.5. The number of Topliss-reactive ketones (excluding diaryl/α,β-unsaturated/α-hetero) is 1. The molecule has 0 aromatic heterocycles. The first-order chi connectivity index (χ1) is 9.43. The van der Waals surface area contributed by atoms with E-state index in [1.54, 1.807) is 6.07 Å². The average molecular weight is 276 g/mol. The molecule has 4 heteroatoms. The first-order valence-corrected chi connectivity index (χ1v) is 7.24. The Morgan fingerprint density at radius 3 is 2.65 bits per heavy atom. The summed E-state index contributed by atoms with van der Waals surface area (Å²) in [5, 5.41) is 0. The van der Waals surface area contributed by atoms with Crippen molar-refractivity contribution >= 4 is 11.5 Å². The smallest absolute Gasteiger partial charge is 0.176 e. The van der Waals surface area contributed by atoms with Gasteiger partial charge in [-0.1, -0.05) is 13.8 Å². The molecule has 110 valence electrons. The van der Waals surface area contributed by atoms with Gasteiger partial charge in [0.1, 0.15) is 11.9 Å². The molecule has 1 aromatic carbocycles. The van der Waals surface area contributed by atoms with E-state index in [9.17, 15) is 4.79 Å². The third kappa shape index (κ3) is 2.80. The lowest BCUT2D eigenvalue weighted by Gasteiger charge is -2.40. The largest absolute Gasteiger partial charge is 0.486 e. The second-order valence-electron chi connectivity index (χ2n) is 5.96. The van der Waals surface area contributed by atoms with Crippen molar-refractivity contribution in [3.05, 3.63) is 23.8 Å². The molecule has 4 nitrogen and oxygen atoms in total. The van der Waals surface area contributed by atoms with E-state index >= 15 is 0 Å². The van der Waals surface area contributed by atoms with E-state index in [-0.39, 0.29) is 18.4 Å². The number of fused-ring (bicyclic) bond motifs is 1. The number of benzene rings is 1. The molecule has 1 atom stereocenters. The van der Waals surface area contributed by atoms with Crippen molar-refractivity contribution in [1.82, 2.24) is 0 Å². The Morgan fingerprint density at radius 1 is 1.40 bits per heavy atom. The number of carbonyl (C=O) groups is 1. The number of hydrogen-bond donors (Lipinski definition) is 1. The molecule has 0 fully saturated rings. The van der Waals surface area contributed by atoms with E-state index in [1.165, 1.54) is 0 Å². The predicted molar refractivity (Wildman–Crippen MR) is 81.6 cm³/mol. The third-order valence-corrected chi connectivity index (χ3v) is 3.80. The Kier molecular flexibility index (Phi) is 4.33. The van der Waals surface area contributed by atoms with Gasteiger partial charge in [0.15, 0.2) is 5.78 Å². The maximum atomic E-state index is 11.8. The maximum Gasteiger partial charge on any atom is 0.176 e. The van der Waals surface area contributed by atoms with E-state index in [0.717, 1.165) is 18.0 Å². The molecule has 0 amide bonds. The summed E-state index contributed by atoms with van der Waals surface area (Å²) in [7, 11) is 0. The topological polar surface area (TPSA) is 55.6 Å². The highest BCUT2D eigenvalue weighted by Gasteiger charge is 2.29. The monoisotopic (exact) mass is 276 g/mol. The molecule has 1 aliphatic heterocycles. The summed E-state index contributed by atoms with van der Waals surface area (Å²) in [6.07, 6.45) is 0.181. The molecule has 0 saturated carbocycles. The molecule has 1 unspecified atom stereocenters. The number of nitrogens with zero attached hydrogens (tertiary/aromatic N) is 1. The quantitative estimate of drug-likeness (QED) is 0.858. The van der Waals surface area contributed by atoms with Gasteiger partial charge in [-0.2, -0.15) is 0 Å². The molecule has 0 aliphatic carbocycles. The van der Waals surface area contributed by atoms with Crippen LogP contribution in [-0.4, -0.2) is 31.0 Å². The van der Waals surface area contributed by atoms with Crippen molar-refractivity contribution in [2.45, 2.75) is 39.8 Å². The van der Waals surface area contributed by atoms with Crippen LogP contribution < -0.4 is 15.4 Å². The van der Waals surface area contributed by atoms with Gasteiger partial charge in [0.05, 0.1) is 18.8 Å². The van der Waals surface area contributed by atoms with Gasteiger partial charge in [0, 0.05) is 11.6 Å². The fraction of sp³-hybridized carbons (Fsp3) is 0.562. The zero-order valence-corrected chi connectivity index (χ0v) is 12.7. The molecule has 0 saturated heterocycles. The van der Waals surface area contributed by atoms with Crippen molar-refractivity contribution in [3.63, 3.8) is 0 Å². The van der Waals surface area contributed by atoms with Crippen LogP contribution in [0, 0.1) is 5.92 Å². The number of rotatable bonds is 4. The van der Waals surface area contributed by atoms with E-state index < -0.39 is 0 Å². The number of carbonyl (C=O) groups excluding carboxylic acids is 1. The normalized spacial score (nSPS) is 18.1. The molecular formula is C16H24N2O2. The SMILES string of the molecule is CC(C)C1CN(C(C)C)c2cc(C(=O)CN)ccc2O1. The van der Waals surface area contributed by atoms with Crippen LogP contribution in [0.1, 0.15) is 38.1 Å². The Bertz CT molecular complexity index is 497. The zero-order chi connectivity index (χ0) is 14.9. The van der Waals surface area contributed by atoms with Crippen LogP contribution in [0.25, 0.3) is 0 Å². The Hall–Kier alpha value is -1.55. The molecule has 2 rings (SSSR count). The molecule has 1 heterocycles. The van der Waals surface area contributed by atoms with Crippen LogP contribution >= 0.6 is 0 Å². The molecule has 1 aliphatic rings. The number of anilines is 1. The molecule has 0 radical (unpaired) electrons. The zero-order valence-electron chi connectivity index (χ0n) is 12.7. The first kappa shape index (κ1) is 14.9. The van der Waals surface area contributed by atoms with Gasteiger partial charge >= 0.3 is 0 Å². The lowest BCUT2D eigenvalue weighted by atomic mass is 10.0. The van der Waals surface area contributed by atoms with Crippen LogP contribution in [0.2, 0.25) is 0 Å². The first-order valence-electron chi connectivity index (χ1n) is 7.24. The van der Waals surface area contributed by atoms with E-state index in [0.29, 0.717) is 17.5 Å². The minimum absolute atomic E-state index is 0.0376. The van der Waals surface area contributed by atoms with Crippen LogP contribution in [0.5, 0.6) is 5.75 Å². The summed E-state index contributed by atoms with van der Waals surface area (Å²) in [5.41, 5.74) is 7.09. The molecule has 2 N–H and O–H groups in total. The van der Waals surface area contributed by atoms with Gasteiger partial charge < -0.3 is 15.4 Å². The van der Waals surface area contributed by atoms with Crippen LogP contribution in [-0.2, 0) is 0 Å². The Morgan fingerprint density at radius 2 is 2.10 bits per heavy atom. The fourth-order valence-corrected chi connectivity index (χ4v) is 2.46. The number of ether oxygens (including phenoxy) is 1. The van der Waals surface area contributed by atoms with Gasteiger partial charge in [-0.05, 0) is 38.0 Å². The number of hydrogen-bond acceptors (Lipinski definition) is 4. The lowest BCUT2D eigenvalue weighted by Crippen LogP contribution is -2.46. The van der Waals surface area contributed by atoms with Crippen molar-refractivity contribution in [2.24, 2.45) is 11.7 Å². The lowest BCUT2D eigenvalue weighted by molar-refractivity contribution is 0.100. The summed E-state index contributed by atoms with van der Waals surface area (Å²) >= 11 is 0. The van der Waals surface area contributed by atoms with Gasteiger partial charge in [-0.25, -0.2) is 0 Å². The van der Waals surface area contributed by atoms with Gasteiger partial charge in [-0.3, -0.25) is 4.79 Å². The molecule has 0 bridgehead atoms. The van der Waals surface area contributed by atoms with Gasteiger partial charge in [-0.15, -0.1) is 0 Å². The summed E-state index contributed by atoms with van der Waals surface area (Å²) in [6.45, 7) is 9.54. The average Bonchev–Trinajstić information content (AvgIpc) is 2.44. The summed E-state index contributed by atoms with van der Waals surface area (Å²) in [4.78, 5) is 14.1. The summed E-state index contributed by atoms with van der Waals surface area (Å²) < 4.78 is 6.06. The predicted octanol–water partition coefficient (Wildman–Crippen LogP) is 2.46. The highest BCUT2D eigenvalue weighted by molar-refractivity contribution is 5.98. The van der Waals surface area contributed by atoms with Crippen molar-refractivity contribution in [3.8, 4) is 5.75 Å². The van der Waals surface area contributed by atoms with E-state index in [4.69, 9.17) is 10.5 Å². The Labute approximate surface area is 120 Å². The second-order valence-corrected chi connectivity index (χ2v) is 5.96. The molecular weight excluding hydrogens is 252 g/mol. The Balaban J connectivity index is 2.41. The minimum Gasteiger partial charge on any atom is -0.486 e. The van der Waals surface area contributed by atoms with Crippen LogP contribution in [0.15, 0.2) is 18.2 Å². The number of nitrogens with two attached hydrogens (primary N) is 1. The van der Waals surface area contributed by atoms with Crippen molar-refractivity contribution < 1.29 is 9.53 Å². The van der Waals surface area contributed by atoms with Crippen molar-refractivity contribution in [1.29, 1.82) is 0 Å².